The number of nitrogens with one attached hydrogen (secondary N) is 2. The Balaban J connectivity index is 1.55. The zero-order valence-electron chi connectivity index (χ0n) is 18.2. The SMILES string of the molecule is COCCNS(=O)(=O)c1cccc(C(=O)N(C)CCCc2cc(-c3ccccc3)n[nH]2)c1. The summed E-state index contributed by atoms with van der Waals surface area (Å²) < 4.78 is 32.1. The van der Waals surface area contributed by atoms with Crippen LogP contribution in [-0.4, -0.2) is 63.3 Å². The number of hydrogen-bond donors (Lipinski definition) is 2. The molecule has 3 aromatic rings. The third kappa shape index (κ3) is 6.25. The Morgan fingerprint density at radius 3 is 2.66 bits per heavy atom. The number of rotatable bonds is 11. The van der Waals surface area contributed by atoms with E-state index in [9.17, 15) is 13.2 Å². The van der Waals surface area contributed by atoms with Gasteiger partial charge in [0.05, 0.1) is 17.2 Å². The highest BCUT2D eigenvalue weighted by Crippen LogP contribution is 2.18. The Kier molecular flexibility index (Phi) is 8.15. The molecule has 0 bridgehead atoms. The first-order valence-corrected chi connectivity index (χ1v) is 11.8. The lowest BCUT2D eigenvalue weighted by molar-refractivity contribution is 0.0793. The summed E-state index contributed by atoms with van der Waals surface area (Å²) in [7, 11) is -0.491. The van der Waals surface area contributed by atoms with Gasteiger partial charge in [-0.25, -0.2) is 13.1 Å². The third-order valence-electron chi connectivity index (χ3n) is 4.98. The molecule has 3 rings (SSSR count). The van der Waals surface area contributed by atoms with Gasteiger partial charge in [0.15, 0.2) is 0 Å². The standard InChI is InChI=1S/C23H28N4O4S/c1-27(14-7-11-20-17-22(26-25-20)18-8-4-3-5-9-18)23(28)19-10-6-12-21(16-19)32(29,30)24-13-15-31-2/h3-6,8-10,12,16-17,24H,7,11,13-15H2,1-2H3,(H,25,26). The lowest BCUT2D eigenvalue weighted by Gasteiger charge is -2.17. The summed E-state index contributed by atoms with van der Waals surface area (Å²) in [6.07, 6.45) is 1.49. The monoisotopic (exact) mass is 456 g/mol. The highest BCUT2D eigenvalue weighted by atomic mass is 32.2. The van der Waals surface area contributed by atoms with Crippen molar-refractivity contribution in [3.8, 4) is 11.3 Å². The molecule has 0 aliphatic carbocycles. The summed E-state index contributed by atoms with van der Waals surface area (Å²) in [6, 6.07) is 18.0. The Morgan fingerprint density at radius 1 is 1.12 bits per heavy atom. The molecule has 0 saturated carbocycles. The molecule has 0 unspecified atom stereocenters. The van der Waals surface area contributed by atoms with Crippen molar-refractivity contribution in [1.82, 2.24) is 19.8 Å². The van der Waals surface area contributed by atoms with Crippen LogP contribution in [0.3, 0.4) is 0 Å². The van der Waals surface area contributed by atoms with E-state index in [-0.39, 0.29) is 24.0 Å². The Labute approximate surface area is 188 Å². The molecular weight excluding hydrogens is 428 g/mol. The lowest BCUT2D eigenvalue weighted by Crippen LogP contribution is -2.29. The molecule has 0 spiro atoms. The van der Waals surface area contributed by atoms with E-state index in [1.165, 1.54) is 19.2 Å². The quantitative estimate of drug-likeness (QED) is 0.432. The van der Waals surface area contributed by atoms with Gasteiger partial charge < -0.3 is 9.64 Å². The predicted molar refractivity (Wildman–Crippen MR) is 123 cm³/mol. The molecule has 170 valence electrons. The van der Waals surface area contributed by atoms with Crippen LogP contribution in [0.1, 0.15) is 22.5 Å². The van der Waals surface area contributed by atoms with Gasteiger partial charge in [0.25, 0.3) is 5.91 Å². The summed E-state index contributed by atoms with van der Waals surface area (Å²) >= 11 is 0. The number of benzene rings is 2. The maximum atomic E-state index is 12.8. The van der Waals surface area contributed by atoms with Gasteiger partial charge in [-0.05, 0) is 37.1 Å². The van der Waals surface area contributed by atoms with E-state index in [1.54, 1.807) is 24.1 Å². The van der Waals surface area contributed by atoms with Gasteiger partial charge in [-0.3, -0.25) is 9.89 Å². The largest absolute Gasteiger partial charge is 0.383 e. The van der Waals surface area contributed by atoms with Crippen molar-refractivity contribution in [3.63, 3.8) is 0 Å². The van der Waals surface area contributed by atoms with Crippen molar-refractivity contribution < 1.29 is 17.9 Å². The molecule has 0 aliphatic rings. The van der Waals surface area contributed by atoms with Crippen LogP contribution in [0.25, 0.3) is 11.3 Å². The fourth-order valence-electron chi connectivity index (χ4n) is 3.23. The van der Waals surface area contributed by atoms with Crippen molar-refractivity contribution in [2.45, 2.75) is 17.7 Å². The molecule has 0 atom stereocenters. The van der Waals surface area contributed by atoms with Crippen molar-refractivity contribution in [2.75, 3.05) is 33.9 Å². The van der Waals surface area contributed by atoms with Crippen molar-refractivity contribution in [3.05, 3.63) is 71.9 Å². The normalized spacial score (nSPS) is 11.4. The molecule has 2 N–H and O–H groups in total. The highest BCUT2D eigenvalue weighted by molar-refractivity contribution is 7.89. The minimum absolute atomic E-state index is 0.0544. The van der Waals surface area contributed by atoms with E-state index in [1.807, 2.05) is 36.4 Å². The number of methoxy groups -OCH3 is 1. The van der Waals surface area contributed by atoms with E-state index < -0.39 is 10.0 Å². The first-order chi connectivity index (χ1) is 15.4. The number of sulfonamides is 1. The van der Waals surface area contributed by atoms with Crippen molar-refractivity contribution in [1.29, 1.82) is 0 Å². The Morgan fingerprint density at radius 2 is 1.91 bits per heavy atom. The minimum atomic E-state index is -3.70. The molecule has 1 heterocycles. The van der Waals surface area contributed by atoms with Crippen molar-refractivity contribution >= 4 is 15.9 Å². The molecule has 0 saturated heterocycles. The number of amides is 1. The Bertz CT molecular complexity index is 1130. The van der Waals surface area contributed by atoms with Crippen LogP contribution in [0.2, 0.25) is 0 Å². The molecule has 9 heteroatoms. The minimum Gasteiger partial charge on any atom is -0.383 e. The molecule has 8 nitrogen and oxygen atoms in total. The zero-order valence-corrected chi connectivity index (χ0v) is 19.1. The van der Waals surface area contributed by atoms with E-state index in [0.717, 1.165) is 29.8 Å². The number of aromatic amines is 1. The predicted octanol–water partition coefficient (Wildman–Crippen LogP) is 2.71. The van der Waals surface area contributed by atoms with Gasteiger partial charge in [-0.15, -0.1) is 0 Å². The van der Waals surface area contributed by atoms with Gasteiger partial charge in [-0.2, -0.15) is 5.10 Å². The van der Waals surface area contributed by atoms with Gasteiger partial charge in [0.2, 0.25) is 10.0 Å². The summed E-state index contributed by atoms with van der Waals surface area (Å²) in [5.41, 5.74) is 3.27. The number of carbonyl (C=O) groups is 1. The molecule has 1 amide bonds. The lowest BCUT2D eigenvalue weighted by atomic mass is 10.1. The molecule has 0 aliphatic heterocycles. The van der Waals surface area contributed by atoms with E-state index in [0.29, 0.717) is 12.1 Å². The van der Waals surface area contributed by atoms with E-state index >= 15 is 0 Å². The molecule has 0 fully saturated rings. The fraction of sp³-hybridized carbons (Fsp3) is 0.304. The first kappa shape index (κ1) is 23.6. The summed E-state index contributed by atoms with van der Waals surface area (Å²) in [5, 5.41) is 7.40. The molecular formula is C23H28N4O4S. The van der Waals surface area contributed by atoms with Crippen LogP contribution in [0, 0.1) is 0 Å². The van der Waals surface area contributed by atoms with Gasteiger partial charge in [-0.1, -0.05) is 36.4 Å². The first-order valence-electron chi connectivity index (χ1n) is 10.3. The van der Waals surface area contributed by atoms with E-state index in [4.69, 9.17) is 4.74 Å². The molecule has 2 aromatic carbocycles. The third-order valence-corrected chi connectivity index (χ3v) is 6.44. The zero-order chi connectivity index (χ0) is 23.0. The van der Waals surface area contributed by atoms with Crippen LogP contribution >= 0.6 is 0 Å². The summed E-state index contributed by atoms with van der Waals surface area (Å²) in [4.78, 5) is 14.4. The molecule has 0 radical (unpaired) electrons. The number of carbonyl (C=O) groups excluding carboxylic acids is 1. The Hall–Kier alpha value is -3.01. The average Bonchev–Trinajstić information content (AvgIpc) is 3.28. The smallest absolute Gasteiger partial charge is 0.253 e. The maximum absolute atomic E-state index is 12.8. The van der Waals surface area contributed by atoms with Crippen LogP contribution in [-0.2, 0) is 21.2 Å². The fourth-order valence-corrected chi connectivity index (χ4v) is 4.29. The maximum Gasteiger partial charge on any atom is 0.253 e. The van der Waals surface area contributed by atoms with Crippen LogP contribution in [0.5, 0.6) is 0 Å². The second kappa shape index (κ2) is 11.0. The van der Waals surface area contributed by atoms with Crippen LogP contribution in [0.4, 0.5) is 0 Å². The highest BCUT2D eigenvalue weighted by Gasteiger charge is 2.18. The number of H-pyrrole nitrogens is 1. The van der Waals surface area contributed by atoms with Crippen LogP contribution in [0.15, 0.2) is 65.6 Å². The summed E-state index contributed by atoms with van der Waals surface area (Å²) in [5.74, 6) is -0.228. The second-order valence-electron chi connectivity index (χ2n) is 7.39. The number of aryl methyl sites for hydroxylation is 1. The average molecular weight is 457 g/mol. The van der Waals surface area contributed by atoms with E-state index in [2.05, 4.69) is 14.9 Å². The van der Waals surface area contributed by atoms with Gasteiger partial charge >= 0.3 is 0 Å². The topological polar surface area (TPSA) is 104 Å². The molecule has 32 heavy (non-hydrogen) atoms. The number of nitrogens with zero attached hydrogens (tertiary/aromatic N) is 2. The number of aromatic nitrogens is 2. The summed E-state index contributed by atoms with van der Waals surface area (Å²) in [6.45, 7) is 0.960. The van der Waals surface area contributed by atoms with Gasteiger partial charge in [0, 0.05) is 44.1 Å². The number of hydrogen-bond acceptors (Lipinski definition) is 5. The molecule has 1 aromatic heterocycles. The van der Waals surface area contributed by atoms with Gasteiger partial charge in [0.1, 0.15) is 0 Å². The van der Waals surface area contributed by atoms with Crippen LogP contribution < -0.4 is 4.72 Å². The van der Waals surface area contributed by atoms with Crippen molar-refractivity contribution in [2.24, 2.45) is 0 Å². The number of ether oxygens (including phenoxy) is 1. The second-order valence-corrected chi connectivity index (χ2v) is 9.16.